The molecule has 3 aliphatic rings. The fraction of sp³-hybridized carbons (Fsp3) is 0.419. The quantitative estimate of drug-likeness (QED) is 0.172. The van der Waals surface area contributed by atoms with Gasteiger partial charge in [0.1, 0.15) is 5.83 Å². The largest absolute Gasteiger partial charge is 0.483 e. The van der Waals surface area contributed by atoms with E-state index < -0.39 is 47.7 Å². The third kappa shape index (κ3) is 7.75. The number of halogens is 5. The molecule has 2 aromatic heterocycles. The summed E-state index contributed by atoms with van der Waals surface area (Å²) in [6.07, 6.45) is -1.00. The van der Waals surface area contributed by atoms with Gasteiger partial charge in [0.15, 0.2) is 11.5 Å². The van der Waals surface area contributed by atoms with Crippen LogP contribution in [0.2, 0.25) is 5.02 Å². The number of nitrogens with zero attached hydrogens (tertiary/aromatic N) is 5. The molecule has 268 valence electrons. The topological polar surface area (TPSA) is 184 Å². The summed E-state index contributed by atoms with van der Waals surface area (Å²) in [4.78, 5) is 52.6. The first kappa shape index (κ1) is 36.3. The Balaban J connectivity index is 0.00000156. The van der Waals surface area contributed by atoms with E-state index in [4.69, 9.17) is 21.5 Å². The molecule has 19 heteroatoms. The average molecular weight is 725 g/mol. The van der Waals surface area contributed by atoms with Crippen molar-refractivity contribution in [3.05, 3.63) is 65.1 Å². The molecule has 1 aliphatic heterocycles. The number of hydrogen-bond acceptors (Lipinski definition) is 7. The first-order chi connectivity index (χ1) is 23.6. The lowest BCUT2D eigenvalue weighted by atomic mass is 10.2. The monoisotopic (exact) mass is 724 g/mol. The number of aliphatic hydroxyl groups excluding tert-OH is 1. The van der Waals surface area contributed by atoms with Gasteiger partial charge >= 0.3 is 12.2 Å². The number of allylic oxidation sites excluding steroid dienone is 1. The van der Waals surface area contributed by atoms with Crippen molar-refractivity contribution in [2.24, 2.45) is 18.9 Å². The van der Waals surface area contributed by atoms with E-state index >= 15 is 0 Å². The first-order valence-corrected chi connectivity index (χ1v) is 15.7. The van der Waals surface area contributed by atoms with Gasteiger partial charge in [0, 0.05) is 49.9 Å². The zero-order valence-corrected chi connectivity index (χ0v) is 27.2. The van der Waals surface area contributed by atoms with Crippen LogP contribution in [0.25, 0.3) is 11.3 Å². The van der Waals surface area contributed by atoms with Crippen molar-refractivity contribution in [3.63, 3.8) is 0 Å². The minimum Gasteiger partial charge on any atom is -0.483 e. The van der Waals surface area contributed by atoms with E-state index in [1.54, 1.807) is 4.90 Å². The molecule has 3 heterocycles. The lowest BCUT2D eigenvalue weighted by Gasteiger charge is -2.24. The highest BCUT2D eigenvalue weighted by Gasteiger charge is 2.57. The molecule has 14 nitrogen and oxygen atoms in total. The maximum absolute atomic E-state index is 13.7. The number of nitrogens with one attached hydrogen (secondary N) is 3. The van der Waals surface area contributed by atoms with Crippen LogP contribution in [0.3, 0.4) is 0 Å². The number of aromatic nitrogens is 4. The summed E-state index contributed by atoms with van der Waals surface area (Å²) in [7, 11) is 1.35. The Morgan fingerprint density at radius 1 is 1.14 bits per heavy atom. The van der Waals surface area contributed by atoms with Crippen LogP contribution >= 0.6 is 11.6 Å². The van der Waals surface area contributed by atoms with Crippen LogP contribution in [0.15, 0.2) is 43.0 Å². The minimum atomic E-state index is -4.86. The standard InChI is InChI=1S/C30H31ClF4N8O4.CH2O2/c1-14(32)10-43-13-19(25(40-43)30(33,34)35)22-9-36-26(41(22)2)28(46)37-15-6-7-16(20(31)8-15)27(45)39-24-17-11-42(12-18(17)24)29(47)38-21-4-3-5-23(21)44;2-1-3/h6-9,13,17-18,21,23-24,44H,1,3-5,10-12H2,2H3,(H,37,46)(H,38,47)(H,39,45);1H,(H,2,3)/t17-,18+,21-,23-,24?;/m1./s1. The Labute approximate surface area is 287 Å². The molecular formula is C31H33ClF4N8O6. The van der Waals surface area contributed by atoms with Crippen LogP contribution in [0, 0.1) is 11.8 Å². The van der Waals surface area contributed by atoms with Gasteiger partial charge < -0.3 is 35.6 Å². The number of carbonyl (C=O) groups is 4. The average Bonchev–Trinajstić information content (AvgIpc) is 3.59. The maximum atomic E-state index is 13.7. The number of fused-ring (bicyclic) bond motifs is 1. The predicted octanol–water partition coefficient (Wildman–Crippen LogP) is 3.68. The van der Waals surface area contributed by atoms with Gasteiger partial charge in [-0.1, -0.05) is 18.2 Å². The van der Waals surface area contributed by atoms with E-state index in [2.05, 4.69) is 32.6 Å². The van der Waals surface area contributed by atoms with E-state index in [-0.39, 0.29) is 64.2 Å². The Bertz CT molecular complexity index is 1800. The molecular weight excluding hydrogens is 692 g/mol. The van der Waals surface area contributed by atoms with E-state index in [1.165, 1.54) is 25.2 Å². The number of rotatable bonds is 8. The van der Waals surface area contributed by atoms with Crippen LogP contribution < -0.4 is 16.0 Å². The Kier molecular flexibility index (Phi) is 10.5. The van der Waals surface area contributed by atoms with Gasteiger partial charge in [0.05, 0.1) is 46.7 Å². The van der Waals surface area contributed by atoms with Crippen molar-refractivity contribution in [1.82, 2.24) is 34.9 Å². The molecule has 5 N–H and O–H groups in total. The van der Waals surface area contributed by atoms with Crippen molar-refractivity contribution in [2.75, 3.05) is 18.4 Å². The van der Waals surface area contributed by atoms with Gasteiger partial charge in [0.2, 0.25) is 0 Å². The molecule has 5 atom stereocenters. The Morgan fingerprint density at radius 3 is 2.40 bits per heavy atom. The number of carbonyl (C=O) groups excluding carboxylic acids is 3. The van der Waals surface area contributed by atoms with Crippen LogP contribution in [0.5, 0.6) is 0 Å². The van der Waals surface area contributed by atoms with Gasteiger partial charge in [-0.15, -0.1) is 0 Å². The van der Waals surface area contributed by atoms with Crippen LogP contribution in [0.4, 0.5) is 28.0 Å². The molecule has 0 radical (unpaired) electrons. The number of urea groups is 1. The van der Waals surface area contributed by atoms with E-state index in [0.717, 1.165) is 34.5 Å². The van der Waals surface area contributed by atoms with Crippen molar-refractivity contribution in [2.45, 2.75) is 50.2 Å². The fourth-order valence-corrected chi connectivity index (χ4v) is 6.67. The summed E-state index contributed by atoms with van der Waals surface area (Å²) in [6.45, 7) is 3.21. The third-order valence-corrected chi connectivity index (χ3v) is 9.18. The van der Waals surface area contributed by atoms with Crippen LogP contribution in [-0.4, -0.2) is 90.0 Å². The third-order valence-electron chi connectivity index (χ3n) is 8.87. The molecule has 0 bridgehead atoms. The number of amides is 4. The molecule has 4 amide bonds. The number of anilines is 1. The smallest absolute Gasteiger partial charge is 0.435 e. The first-order valence-electron chi connectivity index (χ1n) is 15.4. The molecule has 6 rings (SSSR count). The van der Waals surface area contributed by atoms with Crippen LogP contribution in [-0.2, 0) is 24.6 Å². The molecule has 1 aromatic carbocycles. The van der Waals surface area contributed by atoms with Gasteiger partial charge in [-0.05, 0) is 37.5 Å². The number of imidazole rings is 1. The van der Waals surface area contributed by atoms with Crippen molar-refractivity contribution in [3.8, 4) is 11.3 Å². The van der Waals surface area contributed by atoms with Crippen LogP contribution in [0.1, 0.15) is 45.9 Å². The van der Waals surface area contributed by atoms with Crippen molar-refractivity contribution < 1.29 is 47.0 Å². The molecule has 2 aliphatic carbocycles. The van der Waals surface area contributed by atoms with Gasteiger partial charge in [-0.2, -0.15) is 18.3 Å². The molecule has 3 aromatic rings. The van der Waals surface area contributed by atoms with Gasteiger partial charge in [-0.3, -0.25) is 19.1 Å². The lowest BCUT2D eigenvalue weighted by molar-refractivity contribution is -0.141. The number of alkyl halides is 3. The number of aliphatic hydroxyl groups is 1. The molecule has 50 heavy (non-hydrogen) atoms. The van der Waals surface area contributed by atoms with Gasteiger partial charge in [-0.25, -0.2) is 14.2 Å². The van der Waals surface area contributed by atoms with Crippen molar-refractivity contribution in [1.29, 1.82) is 0 Å². The summed E-state index contributed by atoms with van der Waals surface area (Å²) in [5.74, 6) is -2.05. The molecule has 2 saturated carbocycles. The highest BCUT2D eigenvalue weighted by molar-refractivity contribution is 6.34. The van der Waals surface area contributed by atoms with E-state index in [1.807, 2.05) is 0 Å². The molecule has 1 saturated heterocycles. The predicted molar refractivity (Wildman–Crippen MR) is 170 cm³/mol. The lowest BCUT2D eigenvalue weighted by Crippen LogP contribution is -2.48. The Hall–Kier alpha value is -4.97. The Morgan fingerprint density at radius 2 is 1.82 bits per heavy atom. The summed E-state index contributed by atoms with van der Waals surface area (Å²) in [5, 5.41) is 28.8. The fourth-order valence-electron chi connectivity index (χ4n) is 6.40. The summed E-state index contributed by atoms with van der Waals surface area (Å²) in [5.41, 5.74) is -1.36. The highest BCUT2D eigenvalue weighted by atomic mass is 35.5. The second-order valence-corrected chi connectivity index (χ2v) is 12.6. The summed E-state index contributed by atoms with van der Waals surface area (Å²) in [6, 6.07) is 3.70. The van der Waals surface area contributed by atoms with Crippen molar-refractivity contribution >= 4 is 41.6 Å². The SMILES string of the molecule is C=C(F)Cn1cc(-c2cnc(C(=O)Nc3ccc(C(=O)NC4[C@H]5CN(C(=O)N[C@@H]6CCC[C@H]6O)C[C@@H]45)c(Cl)c3)n2C)c(C(F)(F)F)n1.O=CO. The molecule has 0 spiro atoms. The zero-order valence-electron chi connectivity index (χ0n) is 26.5. The van der Waals surface area contributed by atoms with E-state index in [9.17, 15) is 37.1 Å². The number of likely N-dealkylation sites (tertiary alicyclic amines) is 1. The number of piperidine rings is 1. The minimum absolute atomic E-state index is 0.0550. The number of hydrogen-bond donors (Lipinski definition) is 5. The van der Waals surface area contributed by atoms with E-state index in [0.29, 0.717) is 19.5 Å². The molecule has 3 fully saturated rings. The highest BCUT2D eigenvalue weighted by Crippen LogP contribution is 2.46. The normalized spacial score (nSPS) is 22.2. The number of benzene rings is 1. The zero-order chi connectivity index (χ0) is 36.5. The second kappa shape index (κ2) is 14.5. The summed E-state index contributed by atoms with van der Waals surface area (Å²) < 4.78 is 56.2. The molecule has 1 unspecified atom stereocenters. The summed E-state index contributed by atoms with van der Waals surface area (Å²) >= 11 is 6.39. The number of carboxylic acid groups (broad SMARTS) is 1. The van der Waals surface area contributed by atoms with Gasteiger partial charge in [0.25, 0.3) is 18.3 Å². The second-order valence-electron chi connectivity index (χ2n) is 12.2. The maximum Gasteiger partial charge on any atom is 0.435 e.